The second-order valence-corrected chi connectivity index (χ2v) is 7.03. The summed E-state index contributed by atoms with van der Waals surface area (Å²) in [4.78, 5) is 12.0. The summed E-state index contributed by atoms with van der Waals surface area (Å²) in [7, 11) is -2.46. The molecule has 1 aromatic carbocycles. The van der Waals surface area contributed by atoms with Gasteiger partial charge in [-0.25, -0.2) is 8.42 Å². The van der Waals surface area contributed by atoms with Crippen LogP contribution in [0, 0.1) is 6.92 Å². The first kappa shape index (κ1) is 15.8. The van der Waals surface area contributed by atoms with Crippen molar-refractivity contribution in [2.45, 2.75) is 37.1 Å². The average molecular weight is 312 g/mol. The number of rotatable bonds is 3. The zero-order chi connectivity index (χ0) is 15.6. The molecule has 0 bridgehead atoms. The Morgan fingerprint density at radius 1 is 1.38 bits per heavy atom. The highest BCUT2D eigenvalue weighted by atomic mass is 32.2. The molecule has 2 N–H and O–H groups in total. The van der Waals surface area contributed by atoms with Crippen molar-refractivity contribution >= 4 is 21.7 Å². The van der Waals surface area contributed by atoms with Gasteiger partial charge in [-0.05, 0) is 49.9 Å². The molecule has 116 valence electrons. The molecule has 1 aliphatic rings. The monoisotopic (exact) mass is 312 g/mol. The number of nitrogens with zero attached hydrogens (tertiary/aromatic N) is 1. The number of nitrogen functional groups attached to an aromatic ring is 1. The van der Waals surface area contributed by atoms with E-state index >= 15 is 0 Å². The number of aryl methyl sites for hydroxylation is 1. The van der Waals surface area contributed by atoms with E-state index in [0.717, 1.165) is 12.8 Å². The molecular weight excluding hydrogens is 292 g/mol. The Balaban J connectivity index is 2.43. The summed E-state index contributed by atoms with van der Waals surface area (Å²) in [6, 6.07) is 3.91. The molecule has 1 heterocycles. The fourth-order valence-corrected chi connectivity index (χ4v) is 4.51. The fourth-order valence-electron chi connectivity index (χ4n) is 2.65. The maximum absolute atomic E-state index is 12.8. The number of hydrogen-bond acceptors (Lipinski definition) is 5. The summed E-state index contributed by atoms with van der Waals surface area (Å²) in [6.45, 7) is 2.02. The fraction of sp³-hybridized carbons (Fsp3) is 0.500. The van der Waals surface area contributed by atoms with E-state index in [9.17, 15) is 13.2 Å². The average Bonchev–Trinajstić information content (AvgIpc) is 2.46. The van der Waals surface area contributed by atoms with Crippen molar-refractivity contribution in [2.24, 2.45) is 0 Å². The van der Waals surface area contributed by atoms with Crippen molar-refractivity contribution in [3.63, 3.8) is 0 Å². The van der Waals surface area contributed by atoms with E-state index in [-0.39, 0.29) is 4.90 Å². The highest BCUT2D eigenvalue weighted by Crippen LogP contribution is 2.28. The number of carbonyl (C=O) groups excluding carboxylic acids is 1. The van der Waals surface area contributed by atoms with Crippen molar-refractivity contribution in [1.29, 1.82) is 0 Å². The van der Waals surface area contributed by atoms with Crippen LogP contribution in [0.1, 0.15) is 24.8 Å². The van der Waals surface area contributed by atoms with Crippen LogP contribution in [0.3, 0.4) is 0 Å². The van der Waals surface area contributed by atoms with Crippen molar-refractivity contribution in [3.8, 4) is 0 Å². The van der Waals surface area contributed by atoms with Gasteiger partial charge in [0.15, 0.2) is 0 Å². The quantitative estimate of drug-likeness (QED) is 0.671. The standard InChI is InChI=1S/C14H20N2O4S/c1-10-9-11(15)6-7-13(10)21(18,19)16-8-4-3-5-12(16)14(17)20-2/h6-7,9,12H,3-5,8,15H2,1-2H3. The molecule has 0 aliphatic carbocycles. The summed E-state index contributed by atoms with van der Waals surface area (Å²) >= 11 is 0. The zero-order valence-corrected chi connectivity index (χ0v) is 13.0. The van der Waals surface area contributed by atoms with Gasteiger partial charge in [-0.2, -0.15) is 4.31 Å². The summed E-state index contributed by atoms with van der Waals surface area (Å²) in [5.74, 6) is -0.508. The minimum absolute atomic E-state index is 0.188. The lowest BCUT2D eigenvalue weighted by molar-refractivity contribution is -0.146. The molecule has 1 fully saturated rings. The third-order valence-electron chi connectivity index (χ3n) is 3.71. The summed E-state index contributed by atoms with van der Waals surface area (Å²) < 4.78 is 31.6. The van der Waals surface area contributed by atoms with E-state index < -0.39 is 22.0 Å². The van der Waals surface area contributed by atoms with Crippen molar-refractivity contribution < 1.29 is 17.9 Å². The first-order valence-electron chi connectivity index (χ1n) is 6.83. The lowest BCUT2D eigenvalue weighted by atomic mass is 10.1. The maximum Gasteiger partial charge on any atom is 0.324 e. The van der Waals surface area contributed by atoms with E-state index in [1.54, 1.807) is 19.1 Å². The number of methoxy groups -OCH3 is 1. The molecular formula is C14H20N2O4S. The Morgan fingerprint density at radius 3 is 2.71 bits per heavy atom. The minimum atomic E-state index is -3.74. The molecule has 0 saturated carbocycles. The molecule has 0 spiro atoms. The van der Waals surface area contributed by atoms with Crippen LogP contribution in [0.4, 0.5) is 5.69 Å². The van der Waals surface area contributed by atoms with Crippen LogP contribution in [-0.4, -0.2) is 38.4 Å². The van der Waals surface area contributed by atoms with Gasteiger partial charge in [-0.3, -0.25) is 4.79 Å². The SMILES string of the molecule is COC(=O)C1CCCCN1S(=O)(=O)c1ccc(N)cc1C. The van der Waals surface area contributed by atoms with Gasteiger partial charge in [-0.15, -0.1) is 0 Å². The van der Waals surface area contributed by atoms with Gasteiger partial charge >= 0.3 is 5.97 Å². The molecule has 1 unspecified atom stereocenters. The van der Waals surface area contributed by atoms with E-state index in [1.165, 1.54) is 17.5 Å². The third kappa shape index (κ3) is 3.03. The number of hydrogen-bond donors (Lipinski definition) is 1. The van der Waals surface area contributed by atoms with Crippen molar-refractivity contribution in [3.05, 3.63) is 23.8 Å². The van der Waals surface area contributed by atoms with Gasteiger partial charge in [0.1, 0.15) is 6.04 Å². The normalized spacial score (nSPS) is 20.2. The lowest BCUT2D eigenvalue weighted by Gasteiger charge is -2.33. The van der Waals surface area contributed by atoms with Gasteiger partial charge in [0.25, 0.3) is 0 Å². The molecule has 21 heavy (non-hydrogen) atoms. The van der Waals surface area contributed by atoms with Crippen molar-refractivity contribution in [1.82, 2.24) is 4.31 Å². The third-order valence-corrected chi connectivity index (χ3v) is 5.78. The molecule has 1 saturated heterocycles. The predicted molar refractivity (Wildman–Crippen MR) is 79.1 cm³/mol. The molecule has 6 nitrogen and oxygen atoms in total. The van der Waals surface area contributed by atoms with Crippen LogP contribution in [0.25, 0.3) is 0 Å². The molecule has 7 heteroatoms. The van der Waals surface area contributed by atoms with E-state index in [0.29, 0.717) is 24.2 Å². The van der Waals surface area contributed by atoms with Gasteiger partial charge in [0.05, 0.1) is 12.0 Å². The van der Waals surface area contributed by atoms with Gasteiger partial charge in [0, 0.05) is 12.2 Å². The highest BCUT2D eigenvalue weighted by molar-refractivity contribution is 7.89. The van der Waals surface area contributed by atoms with Crippen LogP contribution in [0.5, 0.6) is 0 Å². The number of piperidine rings is 1. The van der Waals surface area contributed by atoms with Crippen molar-refractivity contribution in [2.75, 3.05) is 19.4 Å². The maximum atomic E-state index is 12.8. The summed E-state index contributed by atoms with van der Waals surface area (Å²) in [6.07, 6.45) is 2.03. The second-order valence-electron chi connectivity index (χ2n) is 5.18. The van der Waals surface area contributed by atoms with Crippen LogP contribution >= 0.6 is 0 Å². The number of nitrogens with two attached hydrogens (primary N) is 1. The highest BCUT2D eigenvalue weighted by Gasteiger charge is 2.38. The number of ether oxygens (including phenoxy) is 1. The van der Waals surface area contributed by atoms with E-state index in [1.807, 2.05) is 0 Å². The molecule has 1 aliphatic heterocycles. The molecule has 0 aromatic heterocycles. The summed E-state index contributed by atoms with van der Waals surface area (Å²) in [5, 5.41) is 0. The molecule has 1 aromatic rings. The topological polar surface area (TPSA) is 89.7 Å². The van der Waals surface area contributed by atoms with E-state index in [2.05, 4.69) is 0 Å². The first-order valence-corrected chi connectivity index (χ1v) is 8.27. The first-order chi connectivity index (χ1) is 9.87. The van der Waals surface area contributed by atoms with Gasteiger partial charge in [0.2, 0.25) is 10.0 Å². The molecule has 1 atom stereocenters. The Hall–Kier alpha value is -1.60. The number of carbonyl (C=O) groups is 1. The summed E-state index contributed by atoms with van der Waals surface area (Å²) in [5.41, 5.74) is 6.75. The lowest BCUT2D eigenvalue weighted by Crippen LogP contribution is -2.48. The Bertz CT molecular complexity index is 642. The van der Waals surface area contributed by atoms with Gasteiger partial charge in [-0.1, -0.05) is 0 Å². The zero-order valence-electron chi connectivity index (χ0n) is 12.2. The van der Waals surface area contributed by atoms with Crippen LogP contribution < -0.4 is 5.73 Å². The largest absolute Gasteiger partial charge is 0.468 e. The van der Waals surface area contributed by atoms with Gasteiger partial charge < -0.3 is 10.5 Å². The van der Waals surface area contributed by atoms with E-state index in [4.69, 9.17) is 10.5 Å². The van der Waals surface area contributed by atoms with Crippen LogP contribution in [-0.2, 0) is 19.6 Å². The van der Waals surface area contributed by atoms with Crippen LogP contribution in [0.2, 0.25) is 0 Å². The smallest absolute Gasteiger partial charge is 0.324 e. The second kappa shape index (κ2) is 6.03. The molecule has 2 rings (SSSR count). The van der Waals surface area contributed by atoms with Crippen LogP contribution in [0.15, 0.2) is 23.1 Å². The minimum Gasteiger partial charge on any atom is -0.468 e. The Labute approximate surface area is 124 Å². The number of sulfonamides is 1. The number of anilines is 1. The molecule has 0 radical (unpaired) electrons. The Morgan fingerprint density at radius 2 is 2.10 bits per heavy atom. The predicted octanol–water partition coefficient (Wildman–Crippen LogP) is 1.29. The molecule has 0 amide bonds. The number of benzene rings is 1. The number of esters is 1. The Kier molecular flexibility index (Phi) is 4.53.